The number of rotatable bonds is 4. The maximum absolute atomic E-state index is 10.9. The van der Waals surface area contributed by atoms with Crippen LogP contribution >= 0.6 is 38.9 Å². The van der Waals surface area contributed by atoms with Crippen LogP contribution in [0.15, 0.2) is 28.1 Å². The summed E-state index contributed by atoms with van der Waals surface area (Å²) < 4.78 is 6.41. The van der Waals surface area contributed by atoms with E-state index in [2.05, 4.69) is 26.2 Å². The highest BCUT2D eigenvalue weighted by atomic mass is 79.9. The summed E-state index contributed by atoms with van der Waals surface area (Å²) in [6, 6.07) is 5.31. The Morgan fingerprint density at radius 1 is 1.58 bits per heavy atom. The molecule has 0 atom stereocenters. The van der Waals surface area contributed by atoms with Crippen molar-refractivity contribution in [3.05, 3.63) is 38.8 Å². The lowest BCUT2D eigenvalue weighted by Crippen LogP contribution is -2.05. The van der Waals surface area contributed by atoms with Gasteiger partial charge in [-0.25, -0.2) is 4.98 Å². The molecule has 0 aliphatic heterocycles. The Hall–Kier alpha value is -1.11. The van der Waals surface area contributed by atoms with Crippen LogP contribution in [0.2, 0.25) is 5.02 Å². The number of hydrogen-bond donors (Lipinski definition) is 1. The van der Waals surface area contributed by atoms with Crippen molar-refractivity contribution in [2.75, 3.05) is 5.32 Å². The first-order valence-corrected chi connectivity index (χ1v) is 7.39. The van der Waals surface area contributed by atoms with Crippen molar-refractivity contribution in [2.24, 2.45) is 0 Å². The Balaban J connectivity index is 1.98. The van der Waals surface area contributed by atoms with Gasteiger partial charge in [0.25, 0.3) is 0 Å². The van der Waals surface area contributed by atoms with Crippen LogP contribution in [0, 0.1) is 0 Å². The quantitative estimate of drug-likeness (QED) is 0.892. The Morgan fingerprint density at radius 2 is 2.37 bits per heavy atom. The molecule has 100 valence electrons. The summed E-state index contributed by atoms with van der Waals surface area (Å²) in [6.07, 6.45) is 0. The van der Waals surface area contributed by atoms with Crippen molar-refractivity contribution in [2.45, 2.75) is 13.5 Å². The number of thiazole rings is 1. The van der Waals surface area contributed by atoms with Crippen molar-refractivity contribution in [1.29, 1.82) is 0 Å². The van der Waals surface area contributed by atoms with Gasteiger partial charge in [-0.2, -0.15) is 0 Å². The van der Waals surface area contributed by atoms with Crippen molar-refractivity contribution in [3.8, 4) is 5.75 Å². The summed E-state index contributed by atoms with van der Waals surface area (Å²) in [6.45, 7) is 1.78. The number of aromatic nitrogens is 1. The van der Waals surface area contributed by atoms with E-state index >= 15 is 0 Å². The molecule has 0 bridgehead atoms. The minimum absolute atomic E-state index is 0.137. The predicted octanol–water partition coefficient (Wildman–Crippen LogP) is 4.10. The molecule has 0 spiro atoms. The molecule has 19 heavy (non-hydrogen) atoms. The van der Waals surface area contributed by atoms with Crippen LogP contribution in [0.5, 0.6) is 5.75 Å². The highest BCUT2D eigenvalue weighted by Gasteiger charge is 2.06. The molecule has 2 aromatic rings. The molecule has 0 radical (unpaired) electrons. The fourth-order valence-corrected chi connectivity index (χ4v) is 2.86. The SMILES string of the molecule is CC(=O)Nc1nc(COc2ccc(Cl)cc2Br)cs1. The van der Waals surface area contributed by atoms with E-state index in [0.717, 1.165) is 10.2 Å². The number of carbonyl (C=O) groups is 1. The first-order chi connectivity index (χ1) is 9.04. The average molecular weight is 362 g/mol. The Labute approximate surface area is 127 Å². The molecule has 0 unspecified atom stereocenters. The van der Waals surface area contributed by atoms with Crippen molar-refractivity contribution < 1.29 is 9.53 Å². The summed E-state index contributed by atoms with van der Waals surface area (Å²) in [5.74, 6) is 0.556. The fraction of sp³-hybridized carbons (Fsp3) is 0.167. The summed E-state index contributed by atoms with van der Waals surface area (Å²) in [5, 5.41) is 5.68. The first-order valence-electron chi connectivity index (χ1n) is 5.34. The van der Waals surface area contributed by atoms with E-state index in [9.17, 15) is 4.79 Å². The average Bonchev–Trinajstić information content (AvgIpc) is 2.74. The van der Waals surface area contributed by atoms with E-state index in [1.54, 1.807) is 18.2 Å². The molecular weight excluding hydrogens is 352 g/mol. The van der Waals surface area contributed by atoms with Gasteiger partial charge < -0.3 is 10.1 Å². The van der Waals surface area contributed by atoms with Gasteiger partial charge in [-0.3, -0.25) is 4.79 Å². The molecule has 1 aromatic heterocycles. The van der Waals surface area contributed by atoms with Crippen LogP contribution in [0.25, 0.3) is 0 Å². The summed E-state index contributed by atoms with van der Waals surface area (Å²) in [4.78, 5) is 15.1. The van der Waals surface area contributed by atoms with Crippen LogP contribution in [0.3, 0.4) is 0 Å². The van der Waals surface area contributed by atoms with Gasteiger partial charge in [-0.1, -0.05) is 11.6 Å². The van der Waals surface area contributed by atoms with E-state index in [1.807, 2.05) is 5.38 Å². The standard InChI is InChI=1S/C12H10BrClN2O2S/c1-7(17)15-12-16-9(6-19-12)5-18-11-3-2-8(14)4-10(11)13/h2-4,6H,5H2,1H3,(H,15,16,17). The van der Waals surface area contributed by atoms with Crippen LogP contribution in [-0.2, 0) is 11.4 Å². The lowest BCUT2D eigenvalue weighted by atomic mass is 10.3. The first kappa shape index (κ1) is 14.3. The Morgan fingerprint density at radius 3 is 3.05 bits per heavy atom. The summed E-state index contributed by atoms with van der Waals surface area (Å²) >= 11 is 10.6. The van der Waals surface area contributed by atoms with Crippen LogP contribution in [-0.4, -0.2) is 10.9 Å². The van der Waals surface area contributed by atoms with Crippen LogP contribution in [0.4, 0.5) is 5.13 Å². The highest BCUT2D eigenvalue weighted by molar-refractivity contribution is 9.10. The number of amides is 1. The zero-order valence-electron chi connectivity index (χ0n) is 9.94. The van der Waals surface area contributed by atoms with Crippen molar-refractivity contribution in [3.63, 3.8) is 0 Å². The molecule has 0 saturated heterocycles. The van der Waals surface area contributed by atoms with E-state index in [4.69, 9.17) is 16.3 Å². The number of carbonyl (C=O) groups excluding carboxylic acids is 1. The number of nitrogens with one attached hydrogen (secondary N) is 1. The maximum atomic E-state index is 10.9. The van der Waals surface area contributed by atoms with Gasteiger partial charge in [0, 0.05) is 17.3 Å². The lowest BCUT2D eigenvalue weighted by molar-refractivity contribution is -0.114. The Bertz CT molecular complexity index is 603. The van der Waals surface area contributed by atoms with Crippen molar-refractivity contribution in [1.82, 2.24) is 4.98 Å². The highest BCUT2D eigenvalue weighted by Crippen LogP contribution is 2.28. The molecule has 1 heterocycles. The number of halogens is 2. The number of benzene rings is 1. The van der Waals surface area contributed by atoms with E-state index in [1.165, 1.54) is 18.3 Å². The molecule has 7 heteroatoms. The minimum Gasteiger partial charge on any atom is -0.486 e. The molecule has 0 saturated carbocycles. The molecule has 1 aromatic carbocycles. The number of ether oxygens (including phenoxy) is 1. The number of nitrogens with zero attached hydrogens (tertiary/aromatic N) is 1. The van der Waals surface area contributed by atoms with E-state index in [-0.39, 0.29) is 5.91 Å². The molecule has 4 nitrogen and oxygen atoms in total. The van der Waals surface area contributed by atoms with E-state index < -0.39 is 0 Å². The van der Waals surface area contributed by atoms with Gasteiger partial charge in [0.1, 0.15) is 12.4 Å². The second kappa shape index (κ2) is 6.36. The molecular formula is C12H10BrClN2O2S. The third-order valence-electron chi connectivity index (χ3n) is 2.10. The third-order valence-corrected chi connectivity index (χ3v) is 3.77. The third kappa shape index (κ3) is 4.19. The molecule has 1 N–H and O–H groups in total. The second-order valence-corrected chi connectivity index (χ2v) is 5.84. The van der Waals surface area contributed by atoms with E-state index in [0.29, 0.717) is 22.5 Å². The fourth-order valence-electron chi connectivity index (χ4n) is 1.33. The Kier molecular flexibility index (Phi) is 4.79. The topological polar surface area (TPSA) is 51.2 Å². The summed E-state index contributed by atoms with van der Waals surface area (Å²) in [5.41, 5.74) is 0.760. The van der Waals surface area contributed by atoms with Gasteiger partial charge >= 0.3 is 0 Å². The molecule has 0 aliphatic carbocycles. The minimum atomic E-state index is -0.137. The van der Waals surface area contributed by atoms with Gasteiger partial charge in [0.2, 0.25) is 5.91 Å². The smallest absolute Gasteiger partial charge is 0.223 e. The number of hydrogen-bond acceptors (Lipinski definition) is 4. The van der Waals surface area contributed by atoms with Gasteiger partial charge in [-0.05, 0) is 34.1 Å². The molecule has 2 rings (SSSR count). The molecule has 1 amide bonds. The molecule has 0 aliphatic rings. The van der Waals surface area contributed by atoms with Gasteiger partial charge in [0.05, 0.1) is 10.2 Å². The largest absolute Gasteiger partial charge is 0.486 e. The number of anilines is 1. The lowest BCUT2D eigenvalue weighted by Gasteiger charge is -2.06. The zero-order chi connectivity index (χ0) is 13.8. The van der Waals surface area contributed by atoms with Crippen LogP contribution in [0.1, 0.15) is 12.6 Å². The monoisotopic (exact) mass is 360 g/mol. The maximum Gasteiger partial charge on any atom is 0.223 e. The second-order valence-electron chi connectivity index (χ2n) is 3.69. The van der Waals surface area contributed by atoms with Gasteiger partial charge in [-0.15, -0.1) is 11.3 Å². The van der Waals surface area contributed by atoms with Crippen LogP contribution < -0.4 is 10.1 Å². The summed E-state index contributed by atoms with van der Waals surface area (Å²) in [7, 11) is 0. The predicted molar refractivity (Wildman–Crippen MR) is 79.9 cm³/mol. The molecule has 0 fully saturated rings. The normalized spacial score (nSPS) is 10.3. The van der Waals surface area contributed by atoms with Crippen molar-refractivity contribution >= 4 is 49.9 Å². The van der Waals surface area contributed by atoms with Gasteiger partial charge in [0.15, 0.2) is 5.13 Å². The zero-order valence-corrected chi connectivity index (χ0v) is 13.1.